The van der Waals surface area contributed by atoms with Gasteiger partial charge in [0.1, 0.15) is 0 Å². The molecule has 0 aromatic heterocycles. The molecule has 7 heteroatoms. The smallest absolute Gasteiger partial charge is 0.294 e. The van der Waals surface area contributed by atoms with Crippen LogP contribution in [0.1, 0.15) is 31.9 Å². The first-order valence-corrected chi connectivity index (χ1v) is 10.2. The van der Waals surface area contributed by atoms with Gasteiger partial charge >= 0.3 is 0 Å². The van der Waals surface area contributed by atoms with E-state index in [1.807, 2.05) is 57.1 Å². The first-order valence-electron chi connectivity index (χ1n) is 10.2. The number of aliphatic hydroxyl groups is 1. The molecule has 2 heterocycles. The zero-order valence-corrected chi connectivity index (χ0v) is 18.1. The molecule has 0 bridgehead atoms. The zero-order chi connectivity index (χ0) is 22.3. The van der Waals surface area contributed by atoms with Gasteiger partial charge in [0.05, 0.1) is 11.6 Å². The van der Waals surface area contributed by atoms with Gasteiger partial charge in [-0.1, -0.05) is 26.0 Å². The Morgan fingerprint density at radius 3 is 2.45 bits per heavy atom. The highest BCUT2D eigenvalue weighted by Gasteiger charge is 2.44. The monoisotopic (exact) mass is 422 g/mol. The van der Waals surface area contributed by atoms with Gasteiger partial charge in [0.2, 0.25) is 6.79 Å². The molecule has 31 heavy (non-hydrogen) atoms. The molecule has 0 spiro atoms. The van der Waals surface area contributed by atoms with Gasteiger partial charge in [-0.3, -0.25) is 14.5 Å². The molecular weight excluding hydrogens is 396 g/mol. The first-order chi connectivity index (χ1) is 14.8. The Bertz CT molecular complexity index is 1060. The Balaban J connectivity index is 1.81. The molecule has 4 rings (SSSR count). The second-order valence-corrected chi connectivity index (χ2v) is 8.38. The van der Waals surface area contributed by atoms with E-state index in [0.29, 0.717) is 17.2 Å². The molecule has 0 saturated carbocycles. The minimum atomic E-state index is -0.727. The second-order valence-electron chi connectivity index (χ2n) is 8.38. The van der Waals surface area contributed by atoms with Gasteiger partial charge in [-0.15, -0.1) is 0 Å². The minimum absolute atomic E-state index is 0.0965. The van der Waals surface area contributed by atoms with Gasteiger partial charge < -0.3 is 19.5 Å². The van der Waals surface area contributed by atoms with Gasteiger partial charge in [-0.2, -0.15) is 0 Å². The van der Waals surface area contributed by atoms with Crippen molar-refractivity contribution in [1.29, 1.82) is 0 Å². The average molecular weight is 422 g/mol. The number of hydrogen-bond acceptors (Lipinski definition) is 6. The van der Waals surface area contributed by atoms with Crippen LogP contribution in [0.5, 0.6) is 11.5 Å². The number of fused-ring (bicyclic) bond motifs is 1. The lowest BCUT2D eigenvalue weighted by molar-refractivity contribution is -0.118. The molecular formula is C24H26N2O5. The molecule has 2 aliphatic heterocycles. The predicted octanol–water partition coefficient (Wildman–Crippen LogP) is 4.00. The van der Waals surface area contributed by atoms with Crippen LogP contribution in [0.25, 0.3) is 0 Å². The lowest BCUT2D eigenvalue weighted by Gasteiger charge is -2.27. The summed E-state index contributed by atoms with van der Waals surface area (Å²) < 4.78 is 10.8. The number of rotatable bonds is 6. The lowest BCUT2D eigenvalue weighted by Crippen LogP contribution is -2.31. The van der Waals surface area contributed by atoms with E-state index in [4.69, 9.17) is 9.47 Å². The van der Waals surface area contributed by atoms with E-state index in [9.17, 15) is 14.7 Å². The van der Waals surface area contributed by atoms with E-state index in [1.165, 1.54) is 4.90 Å². The molecule has 162 valence electrons. The standard InChI is InChI=1S/C24H26N2O5/c1-14(2)11-18(27)21-22(15-5-7-16(8-6-15)25(3)4)26(24(29)23(21)28)17-9-10-19-20(12-17)31-13-30-19/h5-10,12,14,22,28H,11,13H2,1-4H3. The molecule has 0 fully saturated rings. The van der Waals surface area contributed by atoms with E-state index < -0.39 is 17.7 Å². The summed E-state index contributed by atoms with van der Waals surface area (Å²) in [5.41, 5.74) is 2.39. The SMILES string of the molecule is CC(C)CC(=O)C1=C(O)C(=O)N(c2ccc3c(c2)OCO3)C1c1ccc(N(C)C)cc1. The highest BCUT2D eigenvalue weighted by atomic mass is 16.7. The number of nitrogens with zero attached hydrogens (tertiary/aromatic N) is 2. The topological polar surface area (TPSA) is 79.3 Å². The van der Waals surface area contributed by atoms with Crippen LogP contribution < -0.4 is 19.3 Å². The molecule has 1 unspecified atom stereocenters. The van der Waals surface area contributed by atoms with E-state index in [1.54, 1.807) is 18.2 Å². The van der Waals surface area contributed by atoms with Crippen molar-refractivity contribution in [3.8, 4) is 11.5 Å². The summed E-state index contributed by atoms with van der Waals surface area (Å²) in [6.45, 7) is 3.98. The van der Waals surface area contributed by atoms with Crippen LogP contribution in [-0.2, 0) is 9.59 Å². The molecule has 2 aliphatic rings. The number of anilines is 2. The van der Waals surface area contributed by atoms with Crippen molar-refractivity contribution in [3.05, 3.63) is 59.4 Å². The zero-order valence-electron chi connectivity index (χ0n) is 18.1. The first kappa shape index (κ1) is 20.8. The van der Waals surface area contributed by atoms with Crippen LogP contribution in [0, 0.1) is 5.92 Å². The Morgan fingerprint density at radius 1 is 1.13 bits per heavy atom. The normalized spacial score (nSPS) is 17.6. The van der Waals surface area contributed by atoms with E-state index >= 15 is 0 Å². The maximum Gasteiger partial charge on any atom is 0.294 e. The Labute approximate surface area is 181 Å². The van der Waals surface area contributed by atoms with Crippen molar-refractivity contribution in [1.82, 2.24) is 0 Å². The number of carbonyl (C=O) groups is 2. The Hall–Kier alpha value is -3.48. The fraction of sp³-hybridized carbons (Fsp3) is 0.333. The average Bonchev–Trinajstić information content (AvgIpc) is 3.29. The van der Waals surface area contributed by atoms with Gasteiger partial charge in [0.15, 0.2) is 23.0 Å². The van der Waals surface area contributed by atoms with Crippen LogP contribution in [0.2, 0.25) is 0 Å². The summed E-state index contributed by atoms with van der Waals surface area (Å²) >= 11 is 0. The number of amides is 1. The maximum atomic E-state index is 13.2. The summed E-state index contributed by atoms with van der Waals surface area (Å²) in [6, 6.07) is 12.1. The molecule has 0 radical (unpaired) electrons. The van der Waals surface area contributed by atoms with Crippen molar-refractivity contribution < 1.29 is 24.2 Å². The molecule has 2 aromatic rings. The summed E-state index contributed by atoms with van der Waals surface area (Å²) in [4.78, 5) is 29.7. The summed E-state index contributed by atoms with van der Waals surface area (Å²) in [6.07, 6.45) is 0.244. The van der Waals surface area contributed by atoms with E-state index in [0.717, 1.165) is 11.3 Å². The summed E-state index contributed by atoms with van der Waals surface area (Å²) in [7, 11) is 3.88. The molecule has 1 N–H and O–H groups in total. The van der Waals surface area contributed by atoms with Gasteiger partial charge in [0.25, 0.3) is 5.91 Å². The number of aliphatic hydroxyl groups excluding tert-OH is 1. The minimum Gasteiger partial charge on any atom is -0.503 e. The molecule has 1 atom stereocenters. The number of carbonyl (C=O) groups excluding carboxylic acids is 2. The highest BCUT2D eigenvalue weighted by molar-refractivity contribution is 6.16. The van der Waals surface area contributed by atoms with Gasteiger partial charge in [0, 0.05) is 38.0 Å². The second kappa shape index (κ2) is 7.98. The molecule has 1 amide bonds. The number of hydrogen-bond donors (Lipinski definition) is 1. The van der Waals surface area contributed by atoms with Crippen LogP contribution in [0.15, 0.2) is 53.8 Å². The fourth-order valence-electron chi connectivity index (χ4n) is 3.94. The quantitative estimate of drug-likeness (QED) is 0.758. The van der Waals surface area contributed by atoms with Crippen molar-refractivity contribution in [2.75, 3.05) is 30.7 Å². The molecule has 0 aliphatic carbocycles. The number of benzene rings is 2. The van der Waals surface area contributed by atoms with Crippen LogP contribution in [0.4, 0.5) is 11.4 Å². The van der Waals surface area contributed by atoms with Gasteiger partial charge in [-0.05, 0) is 35.7 Å². The Kier molecular flexibility index (Phi) is 5.35. The predicted molar refractivity (Wildman–Crippen MR) is 118 cm³/mol. The van der Waals surface area contributed by atoms with Crippen molar-refractivity contribution in [2.24, 2.45) is 5.92 Å². The summed E-state index contributed by atoms with van der Waals surface area (Å²) in [5, 5.41) is 10.7. The van der Waals surface area contributed by atoms with Crippen LogP contribution >= 0.6 is 0 Å². The largest absolute Gasteiger partial charge is 0.503 e. The van der Waals surface area contributed by atoms with Gasteiger partial charge in [-0.25, -0.2) is 0 Å². The van der Waals surface area contributed by atoms with Crippen LogP contribution in [-0.4, -0.2) is 37.7 Å². The molecule has 7 nitrogen and oxygen atoms in total. The number of ketones is 1. The maximum absolute atomic E-state index is 13.2. The van der Waals surface area contributed by atoms with Crippen molar-refractivity contribution >= 4 is 23.1 Å². The molecule has 2 aromatic carbocycles. The third-order valence-corrected chi connectivity index (χ3v) is 5.46. The third-order valence-electron chi connectivity index (χ3n) is 5.46. The third kappa shape index (κ3) is 3.71. The summed E-state index contributed by atoms with van der Waals surface area (Å²) in [5.74, 6) is -0.119. The van der Waals surface area contributed by atoms with Crippen LogP contribution in [0.3, 0.4) is 0 Å². The lowest BCUT2D eigenvalue weighted by atomic mass is 9.92. The number of Topliss-reactive ketones (excluding diaryl/α,β-unsaturated/α-hetero) is 1. The van der Waals surface area contributed by atoms with E-state index in [2.05, 4.69) is 0 Å². The van der Waals surface area contributed by atoms with Crippen molar-refractivity contribution in [3.63, 3.8) is 0 Å². The number of ether oxygens (including phenoxy) is 2. The van der Waals surface area contributed by atoms with E-state index in [-0.39, 0.29) is 30.5 Å². The Morgan fingerprint density at radius 2 is 1.81 bits per heavy atom. The highest BCUT2D eigenvalue weighted by Crippen LogP contribution is 2.44. The van der Waals surface area contributed by atoms with Crippen molar-refractivity contribution in [2.45, 2.75) is 26.3 Å². The fourth-order valence-corrected chi connectivity index (χ4v) is 3.94. The molecule has 0 saturated heterocycles.